The number of hydrazone groups is 1. The molecule has 0 aliphatic carbocycles. The van der Waals surface area contributed by atoms with E-state index < -0.39 is 5.91 Å². The Morgan fingerprint density at radius 3 is 2.65 bits per heavy atom. The number of carbonyl (C=O) groups excluding carboxylic acids is 1. The van der Waals surface area contributed by atoms with Gasteiger partial charge in [-0.3, -0.25) is 4.79 Å². The summed E-state index contributed by atoms with van der Waals surface area (Å²) in [6.45, 7) is 3.43. The summed E-state index contributed by atoms with van der Waals surface area (Å²) in [6.07, 6.45) is 1.56. The van der Waals surface area contributed by atoms with Gasteiger partial charge >= 0.3 is 0 Å². The number of nitrogens with zero attached hydrogens (tertiary/aromatic N) is 3. The Kier molecular flexibility index (Phi) is 4.01. The van der Waals surface area contributed by atoms with E-state index in [0.29, 0.717) is 17.1 Å². The van der Waals surface area contributed by atoms with E-state index in [0.717, 1.165) is 5.56 Å². The molecule has 116 valence electrons. The van der Waals surface area contributed by atoms with Gasteiger partial charge in [0, 0.05) is 6.07 Å². The molecule has 7 heteroatoms. The molecule has 0 atom stereocenters. The highest BCUT2D eigenvalue weighted by Gasteiger charge is 2.23. The molecule has 1 amide bonds. The number of hydrogen-bond donors (Lipinski definition) is 1. The lowest BCUT2D eigenvalue weighted by molar-refractivity contribution is 0.0955. The van der Waals surface area contributed by atoms with Crippen molar-refractivity contribution in [3.63, 3.8) is 0 Å². The van der Waals surface area contributed by atoms with E-state index in [1.54, 1.807) is 26.1 Å². The standard InChI is InChI=1S/C16H14N4O3/c1-10-8-13(20-22-10)15-14(11(2)19-23-15)16(21)18-17-9-12-6-4-3-5-7-12/h3-9H,1-2H3,(H,18,21)/b17-9-. The molecule has 0 aliphatic rings. The fourth-order valence-corrected chi connectivity index (χ4v) is 2.05. The smallest absolute Gasteiger partial charge is 0.277 e. The predicted molar refractivity (Wildman–Crippen MR) is 83.0 cm³/mol. The van der Waals surface area contributed by atoms with E-state index in [2.05, 4.69) is 20.8 Å². The Morgan fingerprint density at radius 1 is 1.17 bits per heavy atom. The van der Waals surface area contributed by atoms with Crippen LogP contribution in [0.1, 0.15) is 27.4 Å². The maximum absolute atomic E-state index is 12.3. The third-order valence-corrected chi connectivity index (χ3v) is 3.13. The molecule has 0 saturated carbocycles. The monoisotopic (exact) mass is 310 g/mol. The molecular formula is C16H14N4O3. The first kappa shape index (κ1) is 14.7. The van der Waals surface area contributed by atoms with Crippen molar-refractivity contribution >= 4 is 12.1 Å². The van der Waals surface area contributed by atoms with Crippen LogP contribution in [0.2, 0.25) is 0 Å². The Balaban J connectivity index is 1.80. The highest BCUT2D eigenvalue weighted by Crippen LogP contribution is 2.25. The maximum Gasteiger partial charge on any atom is 0.277 e. The van der Waals surface area contributed by atoms with Crippen LogP contribution in [0.3, 0.4) is 0 Å². The number of aromatic nitrogens is 2. The van der Waals surface area contributed by atoms with Crippen LogP contribution in [-0.4, -0.2) is 22.4 Å². The molecule has 1 N–H and O–H groups in total. The second-order valence-electron chi connectivity index (χ2n) is 4.90. The third kappa shape index (κ3) is 3.18. The van der Waals surface area contributed by atoms with E-state index in [1.165, 1.54) is 0 Å². The van der Waals surface area contributed by atoms with Gasteiger partial charge in [-0.15, -0.1) is 0 Å². The molecule has 3 rings (SSSR count). The van der Waals surface area contributed by atoms with Crippen LogP contribution >= 0.6 is 0 Å². The second kappa shape index (κ2) is 6.27. The normalized spacial score (nSPS) is 11.0. The van der Waals surface area contributed by atoms with E-state index >= 15 is 0 Å². The first-order chi connectivity index (χ1) is 11.1. The molecule has 0 unspecified atom stereocenters. The van der Waals surface area contributed by atoms with Crippen molar-refractivity contribution in [2.45, 2.75) is 13.8 Å². The molecule has 0 saturated heterocycles. The van der Waals surface area contributed by atoms with Gasteiger partial charge in [0.05, 0.1) is 11.9 Å². The first-order valence-electron chi connectivity index (χ1n) is 6.93. The van der Waals surface area contributed by atoms with Gasteiger partial charge in [0.15, 0.2) is 5.69 Å². The lowest BCUT2D eigenvalue weighted by Crippen LogP contribution is -2.18. The van der Waals surface area contributed by atoms with Crippen LogP contribution in [-0.2, 0) is 0 Å². The van der Waals surface area contributed by atoms with Crippen LogP contribution in [0.15, 0.2) is 50.5 Å². The molecule has 0 aliphatic heterocycles. The molecule has 2 heterocycles. The summed E-state index contributed by atoms with van der Waals surface area (Å²) >= 11 is 0. The van der Waals surface area contributed by atoms with Gasteiger partial charge in [0.2, 0.25) is 5.76 Å². The second-order valence-corrected chi connectivity index (χ2v) is 4.90. The van der Waals surface area contributed by atoms with Gasteiger partial charge in [-0.2, -0.15) is 5.10 Å². The van der Waals surface area contributed by atoms with Crippen molar-refractivity contribution in [3.05, 3.63) is 59.0 Å². The third-order valence-electron chi connectivity index (χ3n) is 3.13. The molecule has 0 fully saturated rings. The number of rotatable bonds is 4. The van der Waals surface area contributed by atoms with Crippen molar-refractivity contribution < 1.29 is 13.8 Å². The van der Waals surface area contributed by atoms with Gasteiger partial charge in [0.1, 0.15) is 11.3 Å². The zero-order chi connectivity index (χ0) is 16.2. The van der Waals surface area contributed by atoms with Crippen LogP contribution < -0.4 is 5.43 Å². The van der Waals surface area contributed by atoms with Gasteiger partial charge in [-0.05, 0) is 19.4 Å². The van der Waals surface area contributed by atoms with Crippen molar-refractivity contribution in [3.8, 4) is 11.5 Å². The summed E-state index contributed by atoms with van der Waals surface area (Å²) in [7, 11) is 0. The summed E-state index contributed by atoms with van der Waals surface area (Å²) in [6, 6.07) is 11.1. The molecule has 1 aromatic carbocycles. The lowest BCUT2D eigenvalue weighted by atomic mass is 10.1. The Bertz CT molecular complexity index is 849. The molecule has 2 aromatic heterocycles. The fourth-order valence-electron chi connectivity index (χ4n) is 2.05. The minimum Gasteiger partial charge on any atom is -0.361 e. The first-order valence-corrected chi connectivity index (χ1v) is 6.93. The zero-order valence-electron chi connectivity index (χ0n) is 12.6. The Hall–Kier alpha value is -3.22. The van der Waals surface area contributed by atoms with Crippen molar-refractivity contribution in [1.82, 2.24) is 15.7 Å². The predicted octanol–water partition coefficient (Wildman–Crippen LogP) is 2.71. The average molecular weight is 310 g/mol. The van der Waals surface area contributed by atoms with Crippen LogP contribution in [0.5, 0.6) is 0 Å². The van der Waals surface area contributed by atoms with E-state index in [1.807, 2.05) is 30.3 Å². The number of hydrogen-bond acceptors (Lipinski definition) is 6. The maximum atomic E-state index is 12.3. The number of carbonyl (C=O) groups is 1. The van der Waals surface area contributed by atoms with Gasteiger partial charge in [-0.25, -0.2) is 5.43 Å². The molecule has 23 heavy (non-hydrogen) atoms. The van der Waals surface area contributed by atoms with Crippen LogP contribution in [0, 0.1) is 13.8 Å². The van der Waals surface area contributed by atoms with Crippen LogP contribution in [0.25, 0.3) is 11.5 Å². The zero-order valence-corrected chi connectivity index (χ0v) is 12.6. The SMILES string of the molecule is Cc1cc(-c2onc(C)c2C(=O)N/N=C\c2ccccc2)no1. The molecule has 7 nitrogen and oxygen atoms in total. The summed E-state index contributed by atoms with van der Waals surface area (Å²) in [5.41, 5.74) is 4.49. The minimum atomic E-state index is -0.424. The van der Waals surface area contributed by atoms with Crippen molar-refractivity contribution in [2.75, 3.05) is 0 Å². The van der Waals surface area contributed by atoms with Gasteiger partial charge in [-0.1, -0.05) is 40.6 Å². The van der Waals surface area contributed by atoms with E-state index in [-0.39, 0.29) is 11.3 Å². The number of benzene rings is 1. The molecule has 0 spiro atoms. The van der Waals surface area contributed by atoms with E-state index in [9.17, 15) is 4.79 Å². The number of amides is 1. The summed E-state index contributed by atoms with van der Waals surface area (Å²) in [4.78, 5) is 12.3. The van der Waals surface area contributed by atoms with Crippen molar-refractivity contribution in [1.29, 1.82) is 0 Å². The van der Waals surface area contributed by atoms with Gasteiger partial charge < -0.3 is 9.05 Å². The van der Waals surface area contributed by atoms with Crippen molar-refractivity contribution in [2.24, 2.45) is 5.10 Å². The molecule has 3 aromatic rings. The Morgan fingerprint density at radius 2 is 1.96 bits per heavy atom. The Labute approximate surface area is 132 Å². The molecule has 0 radical (unpaired) electrons. The fraction of sp³-hybridized carbons (Fsp3) is 0.125. The van der Waals surface area contributed by atoms with Gasteiger partial charge in [0.25, 0.3) is 5.91 Å². The average Bonchev–Trinajstić information content (AvgIpc) is 3.14. The van der Waals surface area contributed by atoms with Crippen LogP contribution in [0.4, 0.5) is 0 Å². The lowest BCUT2D eigenvalue weighted by Gasteiger charge is -1.99. The minimum absolute atomic E-state index is 0.256. The largest absolute Gasteiger partial charge is 0.361 e. The number of nitrogens with one attached hydrogen (secondary N) is 1. The summed E-state index contributed by atoms with van der Waals surface area (Å²) in [5.74, 6) is 0.445. The highest BCUT2D eigenvalue weighted by atomic mass is 16.5. The quantitative estimate of drug-likeness (QED) is 0.590. The van der Waals surface area contributed by atoms with E-state index in [4.69, 9.17) is 9.05 Å². The highest BCUT2D eigenvalue weighted by molar-refractivity contribution is 6.00. The summed E-state index contributed by atoms with van der Waals surface area (Å²) in [5, 5.41) is 11.6. The molecular weight excluding hydrogens is 296 g/mol. The topological polar surface area (TPSA) is 93.5 Å². The summed E-state index contributed by atoms with van der Waals surface area (Å²) < 4.78 is 10.2. The molecule has 0 bridgehead atoms. The number of aryl methyl sites for hydroxylation is 2.